The van der Waals surface area contributed by atoms with Crippen LogP contribution in [-0.4, -0.2) is 41.8 Å². The summed E-state index contributed by atoms with van der Waals surface area (Å²) in [6.45, 7) is 5.31. The number of nitrogens with one attached hydrogen (secondary N) is 2. The number of imidazole rings is 1. The molecule has 0 radical (unpaired) electrons. The molecule has 150 valence electrons. The van der Waals surface area contributed by atoms with Gasteiger partial charge < -0.3 is 19.9 Å². The lowest BCUT2D eigenvalue weighted by Gasteiger charge is -2.29. The zero-order chi connectivity index (χ0) is 20.2. The second kappa shape index (κ2) is 8.63. The van der Waals surface area contributed by atoms with E-state index in [9.17, 15) is 4.79 Å². The number of carbonyl (C=O) groups excluding carboxylic acids is 1. The van der Waals surface area contributed by atoms with Crippen LogP contribution >= 0.6 is 12.2 Å². The number of amides is 1. The third-order valence-electron chi connectivity index (χ3n) is 5.14. The van der Waals surface area contributed by atoms with E-state index in [2.05, 4.69) is 39.5 Å². The second-order valence-electron chi connectivity index (χ2n) is 7.04. The van der Waals surface area contributed by atoms with E-state index in [1.54, 1.807) is 10.8 Å². The SMILES string of the molecule is CC(NC(=O)c1c[nH]c(=S)n1-c1ccccc1)c1ccc(N2CCOCC2)cc1. The molecular formula is C22H24N4O2S. The molecule has 2 N–H and O–H groups in total. The van der Waals surface area contributed by atoms with Gasteiger partial charge in [-0.1, -0.05) is 30.3 Å². The number of benzene rings is 2. The van der Waals surface area contributed by atoms with E-state index in [4.69, 9.17) is 17.0 Å². The van der Waals surface area contributed by atoms with Gasteiger partial charge in [0.25, 0.3) is 5.91 Å². The highest BCUT2D eigenvalue weighted by Crippen LogP contribution is 2.21. The van der Waals surface area contributed by atoms with Crippen LogP contribution in [0.3, 0.4) is 0 Å². The standard InChI is InChI=1S/C22H24N4O2S/c1-16(17-7-9-18(10-8-17)25-11-13-28-14-12-25)24-21(27)20-15-23-22(29)26(20)19-5-3-2-4-6-19/h2-10,15-16H,11-14H2,1H3,(H,23,29)(H,24,27). The molecule has 1 atom stereocenters. The topological polar surface area (TPSA) is 62.3 Å². The molecule has 1 unspecified atom stereocenters. The summed E-state index contributed by atoms with van der Waals surface area (Å²) in [5, 5.41) is 3.08. The number of carbonyl (C=O) groups is 1. The molecule has 3 aromatic rings. The summed E-state index contributed by atoms with van der Waals surface area (Å²) in [6.07, 6.45) is 1.65. The van der Waals surface area contributed by atoms with E-state index in [0.29, 0.717) is 10.5 Å². The van der Waals surface area contributed by atoms with Crippen molar-refractivity contribution < 1.29 is 9.53 Å². The molecule has 7 heteroatoms. The minimum Gasteiger partial charge on any atom is -0.378 e. The number of hydrogen-bond donors (Lipinski definition) is 2. The Balaban J connectivity index is 1.48. The van der Waals surface area contributed by atoms with Gasteiger partial charge >= 0.3 is 0 Å². The zero-order valence-electron chi connectivity index (χ0n) is 16.3. The van der Waals surface area contributed by atoms with E-state index in [-0.39, 0.29) is 11.9 Å². The molecule has 0 spiro atoms. The lowest BCUT2D eigenvalue weighted by Crippen LogP contribution is -2.36. The van der Waals surface area contributed by atoms with E-state index < -0.39 is 0 Å². The molecule has 1 aliphatic heterocycles. The van der Waals surface area contributed by atoms with E-state index in [0.717, 1.165) is 37.6 Å². The number of hydrogen-bond acceptors (Lipinski definition) is 4. The Bertz CT molecular complexity index is 1020. The fourth-order valence-electron chi connectivity index (χ4n) is 3.52. The summed E-state index contributed by atoms with van der Waals surface area (Å²) in [5.74, 6) is -0.175. The van der Waals surface area contributed by atoms with Gasteiger partial charge in [-0.25, -0.2) is 0 Å². The first-order valence-electron chi connectivity index (χ1n) is 9.73. The number of aromatic nitrogens is 2. The predicted molar refractivity (Wildman–Crippen MR) is 116 cm³/mol. The van der Waals surface area contributed by atoms with Crippen molar-refractivity contribution in [3.05, 3.63) is 76.8 Å². The first kappa shape index (κ1) is 19.4. The van der Waals surface area contributed by atoms with Crippen molar-refractivity contribution in [1.82, 2.24) is 14.9 Å². The molecule has 0 bridgehead atoms. The lowest BCUT2D eigenvalue weighted by molar-refractivity contribution is 0.0933. The Kier molecular flexibility index (Phi) is 5.78. The van der Waals surface area contributed by atoms with Crippen LogP contribution in [0.2, 0.25) is 0 Å². The van der Waals surface area contributed by atoms with E-state index in [1.165, 1.54) is 5.69 Å². The molecule has 4 rings (SSSR count). The molecule has 6 nitrogen and oxygen atoms in total. The first-order valence-corrected chi connectivity index (χ1v) is 10.1. The van der Waals surface area contributed by atoms with E-state index >= 15 is 0 Å². The number of para-hydroxylation sites is 1. The summed E-state index contributed by atoms with van der Waals surface area (Å²) < 4.78 is 7.65. The van der Waals surface area contributed by atoms with Crippen molar-refractivity contribution in [2.24, 2.45) is 0 Å². The highest BCUT2D eigenvalue weighted by molar-refractivity contribution is 7.71. The van der Waals surface area contributed by atoms with Crippen molar-refractivity contribution in [2.45, 2.75) is 13.0 Å². The van der Waals surface area contributed by atoms with E-state index in [1.807, 2.05) is 37.3 Å². The van der Waals surface area contributed by atoms with Crippen molar-refractivity contribution in [3.8, 4) is 5.69 Å². The molecule has 2 aromatic carbocycles. The van der Waals surface area contributed by atoms with Gasteiger partial charge in [-0.3, -0.25) is 9.36 Å². The van der Waals surface area contributed by atoms with Crippen LogP contribution in [0.25, 0.3) is 5.69 Å². The predicted octanol–water partition coefficient (Wildman–Crippen LogP) is 3.86. The average molecular weight is 409 g/mol. The minimum atomic E-state index is -0.175. The van der Waals surface area contributed by atoms with Gasteiger partial charge in [0.2, 0.25) is 0 Å². The number of ether oxygens (including phenoxy) is 1. The number of H-pyrrole nitrogens is 1. The largest absolute Gasteiger partial charge is 0.378 e. The molecule has 1 aromatic heterocycles. The molecule has 29 heavy (non-hydrogen) atoms. The summed E-state index contributed by atoms with van der Waals surface area (Å²) in [4.78, 5) is 18.2. The Morgan fingerprint density at radius 1 is 1.07 bits per heavy atom. The van der Waals surface area contributed by atoms with Crippen LogP contribution < -0.4 is 10.2 Å². The van der Waals surface area contributed by atoms with Gasteiger partial charge in [-0.2, -0.15) is 0 Å². The van der Waals surface area contributed by atoms with Gasteiger partial charge in [0.1, 0.15) is 5.69 Å². The molecule has 0 saturated carbocycles. The van der Waals surface area contributed by atoms with Crippen molar-refractivity contribution in [2.75, 3.05) is 31.2 Å². The fraction of sp³-hybridized carbons (Fsp3) is 0.273. The first-order chi connectivity index (χ1) is 14.1. The maximum Gasteiger partial charge on any atom is 0.270 e. The molecule has 1 saturated heterocycles. The van der Waals surface area contributed by atoms with Crippen LogP contribution in [-0.2, 0) is 4.74 Å². The molecule has 1 aliphatic rings. The van der Waals surface area contributed by atoms with Crippen LogP contribution in [0, 0.1) is 4.77 Å². The number of morpholine rings is 1. The molecule has 0 aliphatic carbocycles. The number of nitrogens with zero attached hydrogens (tertiary/aromatic N) is 2. The van der Waals surface area contributed by atoms with Crippen LogP contribution in [0.1, 0.15) is 29.0 Å². The van der Waals surface area contributed by atoms with Crippen LogP contribution in [0.5, 0.6) is 0 Å². The smallest absolute Gasteiger partial charge is 0.270 e. The Morgan fingerprint density at radius 3 is 2.45 bits per heavy atom. The summed E-state index contributed by atoms with van der Waals surface area (Å²) in [6, 6.07) is 17.8. The number of anilines is 1. The quantitative estimate of drug-likeness (QED) is 0.630. The van der Waals surface area contributed by atoms with Gasteiger partial charge in [0.05, 0.1) is 19.3 Å². The van der Waals surface area contributed by atoms with Crippen molar-refractivity contribution >= 4 is 23.8 Å². The third-order valence-corrected chi connectivity index (χ3v) is 5.44. The monoisotopic (exact) mass is 408 g/mol. The van der Waals surface area contributed by atoms with Crippen LogP contribution in [0.4, 0.5) is 5.69 Å². The lowest BCUT2D eigenvalue weighted by atomic mass is 10.1. The maximum atomic E-state index is 12.9. The highest BCUT2D eigenvalue weighted by atomic mass is 32.1. The molecule has 1 fully saturated rings. The molecular weight excluding hydrogens is 384 g/mol. The zero-order valence-corrected chi connectivity index (χ0v) is 17.1. The fourth-order valence-corrected chi connectivity index (χ4v) is 3.78. The number of rotatable bonds is 5. The average Bonchev–Trinajstić information content (AvgIpc) is 3.16. The van der Waals surface area contributed by atoms with Gasteiger partial charge in [0.15, 0.2) is 4.77 Å². The molecule has 1 amide bonds. The summed E-state index contributed by atoms with van der Waals surface area (Å²) >= 11 is 5.37. The third kappa shape index (κ3) is 4.26. The summed E-state index contributed by atoms with van der Waals surface area (Å²) in [7, 11) is 0. The Hall–Kier alpha value is -2.90. The Labute approximate surface area is 175 Å². The number of aromatic amines is 1. The molecule has 2 heterocycles. The van der Waals surface area contributed by atoms with Crippen LogP contribution in [0.15, 0.2) is 60.8 Å². The van der Waals surface area contributed by atoms with Crippen molar-refractivity contribution in [3.63, 3.8) is 0 Å². The maximum absolute atomic E-state index is 12.9. The van der Waals surface area contributed by atoms with Gasteiger partial charge in [-0.15, -0.1) is 0 Å². The minimum absolute atomic E-state index is 0.131. The Morgan fingerprint density at radius 2 is 1.76 bits per heavy atom. The van der Waals surface area contributed by atoms with Gasteiger partial charge in [0, 0.05) is 30.7 Å². The normalized spacial score (nSPS) is 15.1. The second-order valence-corrected chi connectivity index (χ2v) is 7.42. The highest BCUT2D eigenvalue weighted by Gasteiger charge is 2.18. The summed E-state index contributed by atoms with van der Waals surface area (Å²) in [5.41, 5.74) is 3.57. The van der Waals surface area contributed by atoms with Gasteiger partial charge in [-0.05, 0) is 49.0 Å². The van der Waals surface area contributed by atoms with Crippen molar-refractivity contribution in [1.29, 1.82) is 0 Å².